The zero-order valence-electron chi connectivity index (χ0n) is 11.9. The van der Waals surface area contributed by atoms with Gasteiger partial charge in [0.2, 0.25) is 0 Å². The van der Waals surface area contributed by atoms with E-state index in [1.54, 1.807) is 6.92 Å². The number of hydrogen-bond acceptors (Lipinski definition) is 5. The molecule has 1 heterocycles. The molecule has 7 heteroatoms. The van der Waals surface area contributed by atoms with Gasteiger partial charge in [0.05, 0.1) is 18.3 Å². The fourth-order valence-corrected chi connectivity index (χ4v) is 1.85. The molecule has 0 aromatic carbocycles. The van der Waals surface area contributed by atoms with E-state index in [-0.39, 0.29) is 16.6 Å². The molecule has 0 saturated carbocycles. The number of nitrogens with one attached hydrogen (secondary N) is 1. The monoisotopic (exact) mass is 299 g/mol. The van der Waals surface area contributed by atoms with E-state index in [2.05, 4.69) is 20.0 Å². The second kappa shape index (κ2) is 7.19. The molecule has 110 valence electrons. The van der Waals surface area contributed by atoms with Gasteiger partial charge in [-0.3, -0.25) is 4.79 Å². The molecule has 6 nitrogen and oxygen atoms in total. The van der Waals surface area contributed by atoms with Crippen molar-refractivity contribution in [3.8, 4) is 0 Å². The number of rotatable bonds is 5. The molecule has 1 N–H and O–H groups in total. The van der Waals surface area contributed by atoms with Crippen molar-refractivity contribution in [3.63, 3.8) is 0 Å². The summed E-state index contributed by atoms with van der Waals surface area (Å²) in [6.45, 7) is 5.55. The van der Waals surface area contributed by atoms with Gasteiger partial charge < -0.3 is 10.1 Å². The lowest BCUT2D eigenvalue weighted by atomic mass is 10.0. The average Bonchev–Trinajstić information content (AvgIpc) is 2.39. The number of halogens is 1. The minimum atomic E-state index is -0.723. The second-order valence-corrected chi connectivity index (χ2v) is 5.20. The second-order valence-electron chi connectivity index (χ2n) is 4.79. The van der Waals surface area contributed by atoms with Crippen LogP contribution < -0.4 is 5.32 Å². The first-order chi connectivity index (χ1) is 9.35. The van der Waals surface area contributed by atoms with Crippen LogP contribution >= 0.6 is 11.6 Å². The number of aromatic nitrogens is 2. The number of hydrogen-bond donors (Lipinski definition) is 1. The van der Waals surface area contributed by atoms with Crippen LogP contribution in [0.15, 0.2) is 6.20 Å². The highest BCUT2D eigenvalue weighted by atomic mass is 35.5. The number of amides is 1. The Kier molecular flexibility index (Phi) is 5.88. The third-order valence-corrected chi connectivity index (χ3v) is 2.85. The van der Waals surface area contributed by atoms with E-state index in [1.807, 2.05) is 13.8 Å². The van der Waals surface area contributed by atoms with Crippen molar-refractivity contribution >= 4 is 23.5 Å². The molecule has 1 rings (SSSR count). The van der Waals surface area contributed by atoms with Crippen LogP contribution in [0.4, 0.5) is 0 Å². The molecule has 0 spiro atoms. The number of methoxy groups -OCH3 is 1. The molecule has 0 saturated heterocycles. The van der Waals surface area contributed by atoms with Gasteiger partial charge in [-0.1, -0.05) is 25.4 Å². The first-order valence-corrected chi connectivity index (χ1v) is 6.60. The maximum atomic E-state index is 12.1. The molecule has 1 amide bonds. The van der Waals surface area contributed by atoms with Gasteiger partial charge >= 0.3 is 5.97 Å². The standard InChI is InChI=1S/C13H18ClN3O3/c1-7(2)5-10(13(19)20-4)17-12(18)11-9(14)6-15-8(3)16-11/h6-7,10H,5H2,1-4H3,(H,17,18). The average molecular weight is 300 g/mol. The van der Waals surface area contributed by atoms with Crippen LogP contribution in [0.25, 0.3) is 0 Å². The zero-order chi connectivity index (χ0) is 15.3. The molecule has 0 fully saturated rings. The summed E-state index contributed by atoms with van der Waals surface area (Å²) in [4.78, 5) is 31.7. The number of carbonyl (C=O) groups excluding carboxylic acids is 2. The summed E-state index contributed by atoms with van der Waals surface area (Å²) in [6, 6.07) is -0.723. The SMILES string of the molecule is COC(=O)C(CC(C)C)NC(=O)c1nc(C)ncc1Cl. The van der Waals surface area contributed by atoms with Gasteiger partial charge in [-0.15, -0.1) is 0 Å². The van der Waals surface area contributed by atoms with E-state index in [0.29, 0.717) is 12.2 Å². The van der Waals surface area contributed by atoms with Crippen molar-refractivity contribution in [2.45, 2.75) is 33.2 Å². The first-order valence-electron chi connectivity index (χ1n) is 6.23. The lowest BCUT2D eigenvalue weighted by Crippen LogP contribution is -2.42. The van der Waals surface area contributed by atoms with Gasteiger partial charge in [0.1, 0.15) is 17.6 Å². The predicted octanol–water partition coefficient (Wildman–Crippen LogP) is 1.76. The first kappa shape index (κ1) is 16.4. The number of ether oxygens (including phenoxy) is 1. The summed E-state index contributed by atoms with van der Waals surface area (Å²) in [5.74, 6) is -0.356. The molecule has 1 aromatic rings. The van der Waals surface area contributed by atoms with Crippen LogP contribution in [0.5, 0.6) is 0 Å². The van der Waals surface area contributed by atoms with Crippen LogP contribution in [-0.2, 0) is 9.53 Å². The van der Waals surface area contributed by atoms with E-state index < -0.39 is 17.9 Å². The number of esters is 1. The van der Waals surface area contributed by atoms with Crippen molar-refractivity contribution in [2.75, 3.05) is 7.11 Å². The molecule has 0 aliphatic heterocycles. The van der Waals surface area contributed by atoms with Gasteiger partial charge in [-0.05, 0) is 19.3 Å². The van der Waals surface area contributed by atoms with E-state index >= 15 is 0 Å². The van der Waals surface area contributed by atoms with Gasteiger partial charge in [-0.25, -0.2) is 14.8 Å². The fourth-order valence-electron chi connectivity index (χ4n) is 1.67. The van der Waals surface area contributed by atoms with Crippen molar-refractivity contribution < 1.29 is 14.3 Å². The lowest BCUT2D eigenvalue weighted by Gasteiger charge is -2.18. The fraction of sp³-hybridized carbons (Fsp3) is 0.538. The van der Waals surface area contributed by atoms with Crippen molar-refractivity contribution in [2.24, 2.45) is 5.92 Å². The number of carbonyl (C=O) groups is 2. The van der Waals surface area contributed by atoms with Gasteiger partial charge in [0, 0.05) is 0 Å². The summed E-state index contributed by atoms with van der Waals surface area (Å²) in [6.07, 6.45) is 1.83. The van der Waals surface area contributed by atoms with E-state index in [9.17, 15) is 9.59 Å². The Morgan fingerprint density at radius 1 is 1.45 bits per heavy atom. The van der Waals surface area contributed by atoms with Gasteiger partial charge in [0.25, 0.3) is 5.91 Å². The van der Waals surface area contributed by atoms with Crippen LogP contribution in [0.2, 0.25) is 5.02 Å². The molecule has 0 bridgehead atoms. The Hall–Kier alpha value is -1.69. The number of aryl methyl sites for hydroxylation is 1. The van der Waals surface area contributed by atoms with Crippen molar-refractivity contribution in [3.05, 3.63) is 22.7 Å². The summed E-state index contributed by atoms with van der Waals surface area (Å²) in [7, 11) is 1.28. The largest absolute Gasteiger partial charge is 0.467 e. The van der Waals surface area contributed by atoms with E-state index in [4.69, 9.17) is 11.6 Å². The van der Waals surface area contributed by atoms with Gasteiger partial charge in [-0.2, -0.15) is 0 Å². The third-order valence-electron chi connectivity index (χ3n) is 2.58. The van der Waals surface area contributed by atoms with Crippen LogP contribution in [0.3, 0.4) is 0 Å². The predicted molar refractivity (Wildman–Crippen MR) is 74.5 cm³/mol. The molecule has 20 heavy (non-hydrogen) atoms. The topological polar surface area (TPSA) is 81.2 Å². The summed E-state index contributed by atoms with van der Waals surface area (Å²) in [5.41, 5.74) is 0.0526. The summed E-state index contributed by atoms with van der Waals surface area (Å²) >= 11 is 5.89. The lowest BCUT2D eigenvalue weighted by molar-refractivity contribution is -0.143. The van der Waals surface area contributed by atoms with Crippen molar-refractivity contribution in [1.82, 2.24) is 15.3 Å². The highest BCUT2D eigenvalue weighted by Crippen LogP contribution is 2.13. The molecule has 0 radical (unpaired) electrons. The number of nitrogens with zero attached hydrogens (tertiary/aromatic N) is 2. The van der Waals surface area contributed by atoms with Crippen LogP contribution in [0, 0.1) is 12.8 Å². The highest BCUT2D eigenvalue weighted by Gasteiger charge is 2.24. The smallest absolute Gasteiger partial charge is 0.328 e. The molecular formula is C13H18ClN3O3. The molecule has 0 aliphatic rings. The Bertz CT molecular complexity index is 506. The van der Waals surface area contributed by atoms with E-state index in [1.165, 1.54) is 13.3 Å². The summed E-state index contributed by atoms with van der Waals surface area (Å²) < 4.78 is 4.68. The quantitative estimate of drug-likeness (QED) is 0.838. The Morgan fingerprint density at radius 2 is 2.10 bits per heavy atom. The Balaban J connectivity index is 2.90. The highest BCUT2D eigenvalue weighted by molar-refractivity contribution is 6.33. The molecule has 0 aliphatic carbocycles. The molecular weight excluding hydrogens is 282 g/mol. The Morgan fingerprint density at radius 3 is 2.65 bits per heavy atom. The molecule has 1 atom stereocenters. The maximum Gasteiger partial charge on any atom is 0.328 e. The normalized spacial score (nSPS) is 12.1. The zero-order valence-corrected chi connectivity index (χ0v) is 12.7. The van der Waals surface area contributed by atoms with Gasteiger partial charge in [0.15, 0.2) is 0 Å². The van der Waals surface area contributed by atoms with Crippen molar-refractivity contribution in [1.29, 1.82) is 0 Å². The summed E-state index contributed by atoms with van der Waals surface area (Å²) in [5, 5.41) is 2.74. The van der Waals surface area contributed by atoms with Crippen LogP contribution in [0.1, 0.15) is 36.6 Å². The maximum absolute atomic E-state index is 12.1. The Labute approximate surface area is 122 Å². The molecule has 1 unspecified atom stereocenters. The third kappa shape index (κ3) is 4.45. The van der Waals surface area contributed by atoms with E-state index in [0.717, 1.165) is 0 Å². The minimum Gasteiger partial charge on any atom is -0.467 e. The van der Waals surface area contributed by atoms with Crippen LogP contribution in [-0.4, -0.2) is 35.0 Å². The molecule has 1 aromatic heterocycles. The minimum absolute atomic E-state index is 0.0526.